The summed E-state index contributed by atoms with van der Waals surface area (Å²) in [4.78, 5) is 21.7. The van der Waals surface area contributed by atoms with Crippen molar-refractivity contribution in [1.29, 1.82) is 0 Å². The molecule has 1 N–H and O–H groups in total. The van der Waals surface area contributed by atoms with Gasteiger partial charge < -0.3 is 14.6 Å². The number of carbonyl (C=O) groups is 1. The number of likely N-dealkylation sites (tertiary alicyclic amines) is 1. The summed E-state index contributed by atoms with van der Waals surface area (Å²) in [6.07, 6.45) is 2.67. The number of aromatic amines is 1. The van der Waals surface area contributed by atoms with Gasteiger partial charge in [0.15, 0.2) is 0 Å². The highest BCUT2D eigenvalue weighted by molar-refractivity contribution is 5.85. The predicted molar refractivity (Wildman–Crippen MR) is 91.2 cm³/mol. The molecule has 2 atom stereocenters. The first-order valence-electron chi connectivity index (χ1n) is 7.85. The van der Waals surface area contributed by atoms with Gasteiger partial charge >= 0.3 is 6.09 Å². The van der Waals surface area contributed by atoms with E-state index < -0.39 is 5.60 Å². The first kappa shape index (κ1) is 16.1. The molecule has 0 saturated carbocycles. The molecule has 2 unspecified atom stereocenters. The van der Waals surface area contributed by atoms with Crippen molar-refractivity contribution in [2.45, 2.75) is 44.6 Å². The van der Waals surface area contributed by atoms with Crippen molar-refractivity contribution in [3.8, 4) is 0 Å². The van der Waals surface area contributed by atoms with Crippen LogP contribution in [-0.4, -0.2) is 39.7 Å². The van der Waals surface area contributed by atoms with Gasteiger partial charge in [-0.15, -0.1) is 12.4 Å². The van der Waals surface area contributed by atoms with E-state index in [9.17, 15) is 4.79 Å². The minimum Gasteiger partial charge on any atom is -0.444 e. The fourth-order valence-electron chi connectivity index (χ4n) is 3.75. The van der Waals surface area contributed by atoms with Crippen LogP contribution < -0.4 is 0 Å². The lowest BCUT2D eigenvalue weighted by Gasteiger charge is -2.33. The van der Waals surface area contributed by atoms with Crippen LogP contribution in [0.4, 0.5) is 4.79 Å². The molecule has 2 heterocycles. The van der Waals surface area contributed by atoms with E-state index in [0.29, 0.717) is 11.8 Å². The summed E-state index contributed by atoms with van der Waals surface area (Å²) in [6, 6.07) is 4.39. The standard InChI is InChI=1S/C17H21N3O2.ClH/c1-17(2,3)22-16(21)20-7-10-4-11(8-20)13-6-15-14(5-12(10)13)18-9-19-15;/h5-6,9-11H,4,7-8H2,1-3H3,(H,18,19);1H. The van der Waals surface area contributed by atoms with Crippen molar-refractivity contribution in [2.75, 3.05) is 13.1 Å². The van der Waals surface area contributed by atoms with Gasteiger partial charge in [-0.25, -0.2) is 9.78 Å². The summed E-state index contributed by atoms with van der Waals surface area (Å²) in [5.74, 6) is 0.816. The van der Waals surface area contributed by atoms with Gasteiger partial charge in [0.05, 0.1) is 17.4 Å². The highest BCUT2D eigenvalue weighted by Crippen LogP contribution is 2.47. The van der Waals surface area contributed by atoms with Crippen molar-refractivity contribution >= 4 is 29.5 Å². The molecule has 2 aliphatic rings. The number of aromatic nitrogens is 2. The second kappa shape index (κ2) is 5.41. The highest BCUT2D eigenvalue weighted by atomic mass is 35.5. The molecule has 23 heavy (non-hydrogen) atoms. The van der Waals surface area contributed by atoms with Gasteiger partial charge in [-0.1, -0.05) is 0 Å². The average molecular weight is 336 g/mol. The lowest BCUT2D eigenvalue weighted by molar-refractivity contribution is 0.0193. The molecule has 1 aliphatic heterocycles. The van der Waals surface area contributed by atoms with Gasteiger partial charge in [0, 0.05) is 24.9 Å². The number of nitrogens with one attached hydrogen (secondary N) is 1. The van der Waals surface area contributed by atoms with E-state index in [1.807, 2.05) is 25.7 Å². The number of rotatable bonds is 0. The number of piperidine rings is 1. The Morgan fingerprint density at radius 2 is 1.91 bits per heavy atom. The van der Waals surface area contributed by atoms with Crippen LogP contribution in [0.25, 0.3) is 11.0 Å². The smallest absolute Gasteiger partial charge is 0.410 e. The number of benzene rings is 1. The Labute approximate surface area is 141 Å². The number of hydrogen-bond donors (Lipinski definition) is 1. The van der Waals surface area contributed by atoms with E-state index in [4.69, 9.17) is 4.74 Å². The molecule has 6 heteroatoms. The summed E-state index contributed by atoms with van der Waals surface area (Å²) in [5.41, 5.74) is 4.37. The van der Waals surface area contributed by atoms with Crippen LogP contribution in [0.2, 0.25) is 0 Å². The van der Waals surface area contributed by atoms with Crippen LogP contribution in [0.3, 0.4) is 0 Å². The van der Waals surface area contributed by atoms with E-state index >= 15 is 0 Å². The van der Waals surface area contributed by atoms with Gasteiger partial charge in [0.2, 0.25) is 0 Å². The Balaban J connectivity index is 0.00000156. The number of amides is 1. The summed E-state index contributed by atoms with van der Waals surface area (Å²) < 4.78 is 5.53. The lowest BCUT2D eigenvalue weighted by Crippen LogP contribution is -2.42. The molecule has 1 aromatic carbocycles. The first-order valence-corrected chi connectivity index (χ1v) is 7.85. The number of hydrogen-bond acceptors (Lipinski definition) is 3. The van der Waals surface area contributed by atoms with Crippen LogP contribution in [0.5, 0.6) is 0 Å². The van der Waals surface area contributed by atoms with E-state index in [1.54, 1.807) is 6.33 Å². The number of nitrogens with zero attached hydrogens (tertiary/aromatic N) is 2. The molecule has 1 amide bonds. The van der Waals surface area contributed by atoms with Crippen molar-refractivity contribution < 1.29 is 9.53 Å². The van der Waals surface area contributed by atoms with Crippen LogP contribution in [0, 0.1) is 0 Å². The molecule has 1 saturated heterocycles. The van der Waals surface area contributed by atoms with Gasteiger partial charge in [-0.05, 0) is 50.5 Å². The largest absolute Gasteiger partial charge is 0.444 e. The zero-order valence-corrected chi connectivity index (χ0v) is 14.4. The molecule has 2 aromatic rings. The Hall–Kier alpha value is -1.75. The van der Waals surface area contributed by atoms with E-state index in [1.165, 1.54) is 11.1 Å². The first-order chi connectivity index (χ1) is 10.4. The molecule has 0 radical (unpaired) electrons. The van der Waals surface area contributed by atoms with Gasteiger partial charge in [0.1, 0.15) is 5.60 Å². The Bertz CT molecular complexity index is 704. The quantitative estimate of drug-likeness (QED) is 0.796. The summed E-state index contributed by atoms with van der Waals surface area (Å²) in [6.45, 7) is 7.22. The topological polar surface area (TPSA) is 58.2 Å². The number of ether oxygens (including phenoxy) is 1. The minimum atomic E-state index is -0.444. The molecular formula is C17H22ClN3O2. The maximum atomic E-state index is 12.4. The molecule has 4 rings (SSSR count). The van der Waals surface area contributed by atoms with E-state index in [0.717, 1.165) is 30.5 Å². The summed E-state index contributed by atoms with van der Waals surface area (Å²) >= 11 is 0. The molecule has 124 valence electrons. The van der Waals surface area contributed by atoms with Crippen LogP contribution in [0.15, 0.2) is 18.5 Å². The van der Waals surface area contributed by atoms with Crippen LogP contribution in [0.1, 0.15) is 50.2 Å². The maximum absolute atomic E-state index is 12.4. The average Bonchev–Trinajstić information content (AvgIpc) is 2.99. The highest BCUT2D eigenvalue weighted by Gasteiger charge is 2.40. The lowest BCUT2D eigenvalue weighted by atomic mass is 9.96. The Morgan fingerprint density at radius 3 is 2.57 bits per heavy atom. The van der Waals surface area contributed by atoms with E-state index in [-0.39, 0.29) is 18.5 Å². The van der Waals surface area contributed by atoms with Crippen molar-refractivity contribution in [1.82, 2.24) is 14.9 Å². The number of halogens is 1. The van der Waals surface area contributed by atoms with Gasteiger partial charge in [-0.3, -0.25) is 0 Å². The SMILES string of the molecule is CC(C)(C)OC(=O)N1CC2CC(C1)c1cc3[nH]cnc3cc12.Cl. The molecule has 5 nitrogen and oxygen atoms in total. The number of H-pyrrole nitrogens is 1. The van der Waals surface area contributed by atoms with Gasteiger partial charge in [0.25, 0.3) is 0 Å². The Kier molecular flexibility index (Phi) is 3.79. The monoisotopic (exact) mass is 335 g/mol. The second-order valence-electron chi connectivity index (χ2n) is 7.42. The van der Waals surface area contributed by atoms with Crippen LogP contribution >= 0.6 is 12.4 Å². The Morgan fingerprint density at radius 1 is 1.26 bits per heavy atom. The molecule has 1 aromatic heterocycles. The second-order valence-corrected chi connectivity index (χ2v) is 7.42. The van der Waals surface area contributed by atoms with Crippen LogP contribution in [-0.2, 0) is 4.74 Å². The zero-order chi connectivity index (χ0) is 15.5. The minimum absolute atomic E-state index is 0. The maximum Gasteiger partial charge on any atom is 0.410 e. The normalized spacial score (nSPS) is 22.7. The van der Waals surface area contributed by atoms with Crippen molar-refractivity contribution in [2.24, 2.45) is 0 Å². The summed E-state index contributed by atoms with van der Waals surface area (Å²) in [7, 11) is 0. The van der Waals surface area contributed by atoms with Crippen molar-refractivity contribution in [3.05, 3.63) is 29.6 Å². The molecular weight excluding hydrogens is 314 g/mol. The molecule has 1 aliphatic carbocycles. The fourth-order valence-corrected chi connectivity index (χ4v) is 3.75. The number of carbonyl (C=O) groups excluding carboxylic acids is 1. The van der Waals surface area contributed by atoms with E-state index in [2.05, 4.69) is 22.1 Å². The third-order valence-corrected chi connectivity index (χ3v) is 4.61. The molecule has 2 bridgehead atoms. The number of imidazole rings is 1. The molecule has 1 fully saturated rings. The molecule has 0 spiro atoms. The summed E-state index contributed by atoms with van der Waals surface area (Å²) in [5, 5.41) is 0. The van der Waals surface area contributed by atoms with Gasteiger partial charge in [-0.2, -0.15) is 0 Å². The zero-order valence-electron chi connectivity index (χ0n) is 13.6. The third-order valence-electron chi connectivity index (χ3n) is 4.61. The number of fused-ring (bicyclic) bond motifs is 6. The third kappa shape index (κ3) is 2.78. The fraction of sp³-hybridized carbons (Fsp3) is 0.529. The van der Waals surface area contributed by atoms with Crippen molar-refractivity contribution in [3.63, 3.8) is 0 Å². The predicted octanol–water partition coefficient (Wildman–Crippen LogP) is 3.81.